The molecule has 2 aliphatic heterocycles. The first-order valence-corrected chi connectivity index (χ1v) is 8.03. The Morgan fingerprint density at radius 1 is 1.24 bits per heavy atom. The summed E-state index contributed by atoms with van der Waals surface area (Å²) in [5, 5.41) is 0. The number of likely N-dealkylation sites (tertiary alicyclic amines) is 1. The van der Waals surface area contributed by atoms with E-state index in [1.165, 1.54) is 24.8 Å². The number of nitrogens with two attached hydrogens (primary N) is 1. The molecule has 0 saturated carbocycles. The topological polar surface area (TPSA) is 41.7 Å². The molecular weight excluding hydrogens is 262 g/mol. The zero-order valence-corrected chi connectivity index (χ0v) is 13.2. The fourth-order valence-corrected chi connectivity index (χ4v) is 4.03. The predicted molar refractivity (Wildman–Crippen MR) is 85.6 cm³/mol. The lowest BCUT2D eigenvalue weighted by Gasteiger charge is -2.33. The van der Waals surface area contributed by atoms with Crippen LogP contribution in [-0.4, -0.2) is 55.7 Å². The standard InChI is InChI=1S/C17H27N3O/c1-19-13-7-8-14(19)12-20(10-9-13)16(11-18)15-5-3-4-6-17(15)21-2/h3-6,13-14,16H,7-12,18H2,1-2H3. The average Bonchev–Trinajstić information content (AvgIpc) is 2.75. The normalized spacial score (nSPS) is 28.3. The summed E-state index contributed by atoms with van der Waals surface area (Å²) in [6, 6.07) is 9.99. The number of fused-ring (bicyclic) bond motifs is 2. The molecule has 2 fully saturated rings. The number of methoxy groups -OCH3 is 1. The number of rotatable bonds is 4. The van der Waals surface area contributed by atoms with Crippen LogP contribution in [0.1, 0.15) is 30.9 Å². The van der Waals surface area contributed by atoms with Crippen molar-refractivity contribution in [3.63, 3.8) is 0 Å². The molecule has 3 atom stereocenters. The van der Waals surface area contributed by atoms with Gasteiger partial charge in [0.2, 0.25) is 0 Å². The summed E-state index contributed by atoms with van der Waals surface area (Å²) in [5.41, 5.74) is 7.36. The Balaban J connectivity index is 1.83. The van der Waals surface area contributed by atoms with Gasteiger partial charge in [-0.2, -0.15) is 0 Å². The molecule has 1 aromatic rings. The summed E-state index contributed by atoms with van der Waals surface area (Å²) < 4.78 is 5.54. The monoisotopic (exact) mass is 289 g/mol. The highest BCUT2D eigenvalue weighted by Gasteiger charge is 2.36. The molecule has 116 valence electrons. The summed E-state index contributed by atoms with van der Waals surface area (Å²) in [5.74, 6) is 0.954. The SMILES string of the molecule is COc1ccccc1C(CN)N1CCC2CCC(C1)N2C. The summed E-state index contributed by atoms with van der Waals surface area (Å²) in [7, 11) is 4.02. The van der Waals surface area contributed by atoms with Crippen LogP contribution < -0.4 is 10.5 Å². The van der Waals surface area contributed by atoms with Crippen molar-refractivity contribution in [1.29, 1.82) is 0 Å². The maximum absolute atomic E-state index is 6.13. The van der Waals surface area contributed by atoms with Crippen LogP contribution in [-0.2, 0) is 0 Å². The first-order chi connectivity index (χ1) is 10.2. The smallest absolute Gasteiger partial charge is 0.123 e. The van der Waals surface area contributed by atoms with E-state index in [-0.39, 0.29) is 6.04 Å². The molecule has 0 amide bonds. The first kappa shape index (κ1) is 14.8. The van der Waals surface area contributed by atoms with Crippen molar-refractivity contribution >= 4 is 0 Å². The van der Waals surface area contributed by atoms with Gasteiger partial charge < -0.3 is 10.5 Å². The number of benzene rings is 1. The number of ether oxygens (including phenoxy) is 1. The van der Waals surface area contributed by atoms with Gasteiger partial charge in [-0.05, 0) is 32.4 Å². The van der Waals surface area contributed by atoms with Crippen LogP contribution >= 0.6 is 0 Å². The number of hydrogen-bond donors (Lipinski definition) is 1. The van der Waals surface area contributed by atoms with Crippen molar-refractivity contribution in [2.45, 2.75) is 37.4 Å². The predicted octanol–water partition coefficient (Wildman–Crippen LogP) is 1.86. The third kappa shape index (κ3) is 2.80. The van der Waals surface area contributed by atoms with Crippen LogP contribution in [0.4, 0.5) is 0 Å². The molecular formula is C17H27N3O. The molecule has 3 unspecified atom stereocenters. The molecule has 3 rings (SSSR count). The lowest BCUT2D eigenvalue weighted by molar-refractivity contribution is 0.172. The second-order valence-electron chi connectivity index (χ2n) is 6.33. The van der Waals surface area contributed by atoms with E-state index in [1.807, 2.05) is 12.1 Å². The van der Waals surface area contributed by atoms with Gasteiger partial charge in [-0.25, -0.2) is 0 Å². The van der Waals surface area contributed by atoms with E-state index in [1.54, 1.807) is 7.11 Å². The molecule has 4 nitrogen and oxygen atoms in total. The minimum absolute atomic E-state index is 0.258. The van der Waals surface area contributed by atoms with Gasteiger partial charge >= 0.3 is 0 Å². The second-order valence-corrected chi connectivity index (χ2v) is 6.33. The van der Waals surface area contributed by atoms with Crippen molar-refractivity contribution < 1.29 is 4.74 Å². The summed E-state index contributed by atoms with van der Waals surface area (Å²) >= 11 is 0. The fourth-order valence-electron chi connectivity index (χ4n) is 4.03. The Kier molecular flexibility index (Phi) is 4.48. The lowest BCUT2D eigenvalue weighted by atomic mass is 10.0. The molecule has 2 saturated heterocycles. The van der Waals surface area contributed by atoms with Crippen LogP contribution in [0, 0.1) is 0 Å². The van der Waals surface area contributed by atoms with Crippen molar-refractivity contribution in [1.82, 2.24) is 9.80 Å². The Labute approximate surface area is 127 Å². The van der Waals surface area contributed by atoms with E-state index >= 15 is 0 Å². The number of hydrogen-bond acceptors (Lipinski definition) is 4. The summed E-state index contributed by atoms with van der Waals surface area (Å²) in [6.07, 6.45) is 3.93. The highest BCUT2D eigenvalue weighted by atomic mass is 16.5. The largest absolute Gasteiger partial charge is 0.496 e. The minimum atomic E-state index is 0.258. The van der Waals surface area contributed by atoms with Gasteiger partial charge in [0, 0.05) is 37.3 Å². The third-order valence-corrected chi connectivity index (χ3v) is 5.34. The van der Waals surface area contributed by atoms with Crippen LogP contribution in [0.25, 0.3) is 0 Å². The minimum Gasteiger partial charge on any atom is -0.496 e. The zero-order valence-electron chi connectivity index (χ0n) is 13.2. The maximum atomic E-state index is 6.13. The van der Waals surface area contributed by atoms with Crippen molar-refractivity contribution in [3.8, 4) is 5.75 Å². The number of likely N-dealkylation sites (N-methyl/N-ethyl adjacent to an activating group) is 1. The molecule has 0 radical (unpaired) electrons. The maximum Gasteiger partial charge on any atom is 0.123 e. The van der Waals surface area contributed by atoms with Gasteiger partial charge in [0.15, 0.2) is 0 Å². The van der Waals surface area contributed by atoms with Gasteiger partial charge in [0.05, 0.1) is 13.2 Å². The average molecular weight is 289 g/mol. The van der Waals surface area contributed by atoms with Gasteiger partial charge in [-0.15, -0.1) is 0 Å². The summed E-state index contributed by atoms with van der Waals surface area (Å²) in [4.78, 5) is 5.15. The third-order valence-electron chi connectivity index (χ3n) is 5.34. The molecule has 2 heterocycles. The van der Waals surface area contributed by atoms with Crippen molar-refractivity contribution in [2.75, 3.05) is 33.8 Å². The lowest BCUT2D eigenvalue weighted by Crippen LogP contribution is -2.40. The van der Waals surface area contributed by atoms with Gasteiger partial charge in [-0.1, -0.05) is 18.2 Å². The van der Waals surface area contributed by atoms with E-state index in [4.69, 9.17) is 10.5 Å². The highest BCUT2D eigenvalue weighted by molar-refractivity contribution is 5.36. The molecule has 21 heavy (non-hydrogen) atoms. The molecule has 2 N–H and O–H groups in total. The van der Waals surface area contributed by atoms with Crippen LogP contribution in [0.15, 0.2) is 24.3 Å². The van der Waals surface area contributed by atoms with Crippen LogP contribution in [0.5, 0.6) is 5.75 Å². The second kappa shape index (κ2) is 6.34. The Hall–Kier alpha value is -1.10. The quantitative estimate of drug-likeness (QED) is 0.919. The van der Waals surface area contributed by atoms with E-state index < -0.39 is 0 Å². The van der Waals surface area contributed by atoms with E-state index in [0.29, 0.717) is 12.6 Å². The molecule has 0 aromatic heterocycles. The van der Waals surface area contributed by atoms with Gasteiger partial charge in [0.1, 0.15) is 5.75 Å². The number of para-hydroxylation sites is 1. The Bertz CT molecular complexity index is 479. The Morgan fingerprint density at radius 3 is 2.76 bits per heavy atom. The number of nitrogens with zero attached hydrogens (tertiary/aromatic N) is 2. The van der Waals surface area contributed by atoms with E-state index in [2.05, 4.69) is 29.0 Å². The van der Waals surface area contributed by atoms with E-state index in [9.17, 15) is 0 Å². The highest BCUT2D eigenvalue weighted by Crippen LogP contribution is 2.34. The van der Waals surface area contributed by atoms with Crippen molar-refractivity contribution in [3.05, 3.63) is 29.8 Å². The van der Waals surface area contributed by atoms with Gasteiger partial charge in [-0.3, -0.25) is 9.80 Å². The first-order valence-electron chi connectivity index (χ1n) is 8.03. The molecule has 2 aliphatic rings. The summed E-state index contributed by atoms with van der Waals surface area (Å²) in [6.45, 7) is 2.89. The molecule has 2 bridgehead atoms. The molecule has 1 aromatic carbocycles. The fraction of sp³-hybridized carbons (Fsp3) is 0.647. The molecule has 0 spiro atoms. The van der Waals surface area contributed by atoms with Crippen molar-refractivity contribution in [2.24, 2.45) is 5.73 Å². The Morgan fingerprint density at radius 2 is 2.00 bits per heavy atom. The zero-order chi connectivity index (χ0) is 14.8. The van der Waals surface area contributed by atoms with Crippen LogP contribution in [0.3, 0.4) is 0 Å². The van der Waals surface area contributed by atoms with Gasteiger partial charge in [0.25, 0.3) is 0 Å². The molecule has 0 aliphatic carbocycles. The van der Waals surface area contributed by atoms with Crippen LogP contribution in [0.2, 0.25) is 0 Å². The molecule has 4 heteroatoms. The van der Waals surface area contributed by atoms with E-state index in [0.717, 1.165) is 24.9 Å².